The molecule has 0 aliphatic heterocycles. The number of rotatable bonds is 12. The summed E-state index contributed by atoms with van der Waals surface area (Å²) in [7, 11) is 0. The largest absolute Gasteiger partial charge is 0.395 e. The van der Waals surface area contributed by atoms with Gasteiger partial charge in [-0.25, -0.2) is 0 Å². The monoisotopic (exact) mass is 373 g/mol. The van der Waals surface area contributed by atoms with Crippen LogP contribution in [0.3, 0.4) is 0 Å². The summed E-state index contributed by atoms with van der Waals surface area (Å²) in [6, 6.07) is 16.6. The van der Waals surface area contributed by atoms with E-state index in [1.54, 1.807) is 0 Å². The molecular formula is C21H31N3O3. The van der Waals surface area contributed by atoms with Crippen molar-refractivity contribution < 1.29 is 15.3 Å². The molecule has 6 nitrogen and oxygen atoms in total. The Morgan fingerprint density at radius 2 is 0.963 bits per heavy atom. The molecule has 148 valence electrons. The van der Waals surface area contributed by atoms with Gasteiger partial charge in [-0.15, -0.1) is 0 Å². The molecule has 0 heterocycles. The number of benzene rings is 2. The van der Waals surface area contributed by atoms with Gasteiger partial charge in [0, 0.05) is 44.1 Å². The minimum atomic E-state index is 0.0611. The van der Waals surface area contributed by atoms with E-state index >= 15 is 0 Å². The minimum absolute atomic E-state index is 0.0611. The van der Waals surface area contributed by atoms with Crippen LogP contribution in [0.25, 0.3) is 0 Å². The van der Waals surface area contributed by atoms with Gasteiger partial charge in [-0.3, -0.25) is 0 Å². The average molecular weight is 373 g/mol. The maximum absolute atomic E-state index is 9.19. The van der Waals surface area contributed by atoms with Gasteiger partial charge < -0.3 is 30.9 Å². The molecule has 0 spiro atoms. The van der Waals surface area contributed by atoms with E-state index in [-0.39, 0.29) is 19.8 Å². The molecule has 0 atom stereocenters. The molecule has 27 heavy (non-hydrogen) atoms. The maximum Gasteiger partial charge on any atom is 0.0606 e. The normalized spacial score (nSPS) is 10.8. The zero-order valence-corrected chi connectivity index (χ0v) is 15.8. The van der Waals surface area contributed by atoms with Gasteiger partial charge in [0.25, 0.3) is 0 Å². The van der Waals surface area contributed by atoms with Crippen LogP contribution in [0.2, 0.25) is 0 Å². The molecule has 2 aromatic carbocycles. The molecule has 0 aromatic heterocycles. The first-order valence-electron chi connectivity index (χ1n) is 9.42. The highest BCUT2D eigenvalue weighted by molar-refractivity contribution is 5.50. The van der Waals surface area contributed by atoms with Crippen molar-refractivity contribution in [2.24, 2.45) is 5.73 Å². The average Bonchev–Trinajstić information content (AvgIpc) is 2.69. The maximum atomic E-state index is 9.19. The van der Waals surface area contributed by atoms with Crippen LogP contribution in [0, 0.1) is 0 Å². The van der Waals surface area contributed by atoms with E-state index in [0.717, 1.165) is 24.3 Å². The van der Waals surface area contributed by atoms with Crippen molar-refractivity contribution in [2.75, 3.05) is 62.3 Å². The van der Waals surface area contributed by atoms with Crippen molar-refractivity contribution in [2.45, 2.75) is 6.42 Å². The van der Waals surface area contributed by atoms with Gasteiger partial charge >= 0.3 is 0 Å². The van der Waals surface area contributed by atoms with E-state index in [9.17, 15) is 5.11 Å². The number of hydrogen-bond donors (Lipinski definition) is 4. The van der Waals surface area contributed by atoms with Crippen molar-refractivity contribution in [1.29, 1.82) is 0 Å². The van der Waals surface area contributed by atoms with E-state index in [1.165, 1.54) is 11.1 Å². The zero-order valence-electron chi connectivity index (χ0n) is 15.8. The molecule has 0 amide bonds. The van der Waals surface area contributed by atoms with E-state index < -0.39 is 0 Å². The van der Waals surface area contributed by atoms with Crippen LogP contribution in [-0.2, 0) is 6.42 Å². The highest BCUT2D eigenvalue weighted by Crippen LogP contribution is 2.19. The number of aliphatic hydroxyl groups is 3. The van der Waals surface area contributed by atoms with Gasteiger partial charge in [0.2, 0.25) is 0 Å². The van der Waals surface area contributed by atoms with Gasteiger partial charge in [0.15, 0.2) is 0 Å². The fourth-order valence-electron chi connectivity index (χ4n) is 3.14. The Bertz CT molecular complexity index is 577. The predicted octanol–water partition coefficient (Wildman–Crippen LogP) is 0.826. The second-order valence-electron chi connectivity index (χ2n) is 6.44. The van der Waals surface area contributed by atoms with Crippen molar-refractivity contribution in [3.63, 3.8) is 0 Å². The predicted molar refractivity (Wildman–Crippen MR) is 110 cm³/mol. The molecule has 0 aliphatic rings. The van der Waals surface area contributed by atoms with Crippen LogP contribution < -0.4 is 15.5 Å². The van der Waals surface area contributed by atoms with Gasteiger partial charge in [-0.1, -0.05) is 24.3 Å². The molecule has 6 heteroatoms. The van der Waals surface area contributed by atoms with Gasteiger partial charge in [-0.05, 0) is 41.8 Å². The number of hydrogen-bond acceptors (Lipinski definition) is 6. The number of anilines is 2. The number of aliphatic hydroxyl groups excluding tert-OH is 3. The third-order valence-corrected chi connectivity index (χ3v) is 4.52. The SMILES string of the molecule is NCCN(CCO)c1ccc(Cc2ccc(N(CCO)CCO)cc2)cc1. The fraction of sp³-hybridized carbons (Fsp3) is 0.429. The Morgan fingerprint density at radius 1 is 0.593 bits per heavy atom. The molecule has 2 rings (SSSR count). The van der Waals surface area contributed by atoms with E-state index in [0.29, 0.717) is 26.2 Å². The van der Waals surface area contributed by atoms with E-state index in [1.807, 2.05) is 17.0 Å². The van der Waals surface area contributed by atoms with E-state index in [4.69, 9.17) is 15.9 Å². The smallest absolute Gasteiger partial charge is 0.0606 e. The highest BCUT2D eigenvalue weighted by atomic mass is 16.3. The van der Waals surface area contributed by atoms with Gasteiger partial charge in [-0.2, -0.15) is 0 Å². The Kier molecular flexibility index (Phi) is 9.07. The first-order chi connectivity index (χ1) is 13.2. The molecule has 2 aromatic rings. The van der Waals surface area contributed by atoms with E-state index in [2.05, 4.69) is 41.3 Å². The lowest BCUT2D eigenvalue weighted by Crippen LogP contribution is -2.31. The summed E-state index contributed by atoms with van der Waals surface area (Å²) in [6.45, 7) is 3.10. The van der Waals surface area contributed by atoms with Crippen molar-refractivity contribution in [1.82, 2.24) is 0 Å². The second-order valence-corrected chi connectivity index (χ2v) is 6.44. The standard InChI is InChI=1S/C21H31N3O3/c22-9-10-23(11-14-25)20-5-1-18(2-6-20)17-19-3-7-21(8-4-19)24(12-15-26)13-16-27/h1-8,25-27H,9-17,22H2. The molecule has 0 aliphatic carbocycles. The Labute approximate surface area is 161 Å². The Hall–Kier alpha value is -2.12. The summed E-state index contributed by atoms with van der Waals surface area (Å²) in [6.07, 6.45) is 0.831. The summed E-state index contributed by atoms with van der Waals surface area (Å²) in [5.41, 5.74) is 10.1. The molecule has 0 unspecified atom stereocenters. The van der Waals surface area contributed by atoms with Crippen molar-refractivity contribution in [3.05, 3.63) is 59.7 Å². The minimum Gasteiger partial charge on any atom is -0.395 e. The fourth-order valence-corrected chi connectivity index (χ4v) is 3.14. The first-order valence-corrected chi connectivity index (χ1v) is 9.42. The third kappa shape index (κ3) is 6.52. The Morgan fingerprint density at radius 3 is 1.30 bits per heavy atom. The zero-order chi connectivity index (χ0) is 19.5. The lowest BCUT2D eigenvalue weighted by atomic mass is 10.0. The van der Waals surface area contributed by atoms with Gasteiger partial charge in [0.05, 0.1) is 19.8 Å². The number of nitrogens with two attached hydrogens (primary N) is 1. The third-order valence-electron chi connectivity index (χ3n) is 4.52. The summed E-state index contributed by atoms with van der Waals surface area (Å²) in [4.78, 5) is 4.04. The van der Waals surface area contributed by atoms with Crippen LogP contribution in [-0.4, -0.2) is 67.9 Å². The van der Waals surface area contributed by atoms with Crippen molar-refractivity contribution in [3.8, 4) is 0 Å². The molecule has 0 saturated heterocycles. The summed E-state index contributed by atoms with van der Waals surface area (Å²) < 4.78 is 0. The van der Waals surface area contributed by atoms with Gasteiger partial charge in [0.1, 0.15) is 0 Å². The topological polar surface area (TPSA) is 93.2 Å². The van der Waals surface area contributed by atoms with Crippen LogP contribution in [0.15, 0.2) is 48.5 Å². The van der Waals surface area contributed by atoms with Crippen LogP contribution in [0.5, 0.6) is 0 Å². The highest BCUT2D eigenvalue weighted by Gasteiger charge is 2.07. The first kappa shape index (κ1) is 21.2. The molecule has 0 saturated carbocycles. The lowest BCUT2D eigenvalue weighted by molar-refractivity contribution is 0.281. The molecule has 5 N–H and O–H groups in total. The summed E-state index contributed by atoms with van der Waals surface area (Å²) in [5.74, 6) is 0. The van der Waals surface area contributed by atoms with Crippen molar-refractivity contribution >= 4 is 11.4 Å². The van der Waals surface area contributed by atoms with Crippen LogP contribution in [0.1, 0.15) is 11.1 Å². The molecule has 0 fully saturated rings. The summed E-state index contributed by atoms with van der Waals surface area (Å²) >= 11 is 0. The van der Waals surface area contributed by atoms with Crippen LogP contribution in [0.4, 0.5) is 11.4 Å². The lowest BCUT2D eigenvalue weighted by Gasteiger charge is -2.23. The molecule has 0 radical (unpaired) electrons. The second kappa shape index (κ2) is 11.6. The quantitative estimate of drug-likeness (QED) is 0.440. The van der Waals surface area contributed by atoms with Crippen LogP contribution >= 0.6 is 0 Å². The molecule has 0 bridgehead atoms. The Balaban J connectivity index is 2.02. The summed E-state index contributed by atoms with van der Waals surface area (Å²) in [5, 5.41) is 27.5. The molecular weight excluding hydrogens is 342 g/mol. The number of nitrogens with zero attached hydrogens (tertiary/aromatic N) is 2.